The minimum Gasteiger partial charge on any atom is -0.384 e. The molecule has 21 heavy (non-hydrogen) atoms. The maximum absolute atomic E-state index is 12.5. The molecule has 3 aromatic rings. The van der Waals surface area contributed by atoms with Gasteiger partial charge in [-0.25, -0.2) is 4.98 Å². The van der Waals surface area contributed by atoms with Crippen LogP contribution in [0.1, 0.15) is 16.1 Å². The molecule has 2 aromatic heterocycles. The summed E-state index contributed by atoms with van der Waals surface area (Å²) in [7, 11) is 0. The van der Waals surface area contributed by atoms with E-state index in [1.807, 2.05) is 37.3 Å². The Morgan fingerprint density at radius 2 is 2.00 bits per heavy atom. The molecule has 3 N–H and O–H groups in total. The third-order valence-electron chi connectivity index (χ3n) is 3.14. The van der Waals surface area contributed by atoms with E-state index in [9.17, 15) is 4.79 Å². The van der Waals surface area contributed by atoms with E-state index in [2.05, 4.69) is 15.3 Å². The van der Waals surface area contributed by atoms with Crippen LogP contribution in [0, 0.1) is 6.92 Å². The number of fused-ring (bicyclic) bond motifs is 1. The summed E-state index contributed by atoms with van der Waals surface area (Å²) in [5, 5.41) is 3.63. The smallest absolute Gasteiger partial charge is 0.256 e. The van der Waals surface area contributed by atoms with Gasteiger partial charge < -0.3 is 11.1 Å². The first-order valence-electron chi connectivity index (χ1n) is 6.53. The molecule has 1 amide bonds. The number of para-hydroxylation sites is 1. The predicted octanol–water partition coefficient (Wildman–Crippen LogP) is 2.77. The highest BCUT2D eigenvalue weighted by Gasteiger charge is 2.12. The number of nitrogens with zero attached hydrogens (tertiary/aromatic N) is 2. The van der Waals surface area contributed by atoms with Crippen molar-refractivity contribution in [2.24, 2.45) is 0 Å². The van der Waals surface area contributed by atoms with Gasteiger partial charge in [0.2, 0.25) is 0 Å². The lowest BCUT2D eigenvalue weighted by Gasteiger charge is -2.09. The number of amides is 1. The summed E-state index contributed by atoms with van der Waals surface area (Å²) < 4.78 is 0. The molecule has 3 rings (SSSR count). The fourth-order valence-corrected chi connectivity index (χ4v) is 2.21. The number of carbonyl (C=O) groups is 1. The van der Waals surface area contributed by atoms with Crippen molar-refractivity contribution in [3.63, 3.8) is 0 Å². The van der Waals surface area contributed by atoms with Crippen molar-refractivity contribution in [1.29, 1.82) is 0 Å². The molecule has 0 fully saturated rings. The molecule has 5 nitrogen and oxygen atoms in total. The number of aromatic nitrogens is 2. The van der Waals surface area contributed by atoms with Gasteiger partial charge in [0.15, 0.2) is 0 Å². The molecule has 0 atom stereocenters. The van der Waals surface area contributed by atoms with Gasteiger partial charge in [-0.15, -0.1) is 0 Å². The molecule has 0 radical (unpaired) electrons. The first-order valence-corrected chi connectivity index (χ1v) is 6.53. The SMILES string of the molecule is Cc1cc(NC(=O)c2cc(N)nc3ccccc23)ccn1. The molecule has 2 heterocycles. The van der Waals surface area contributed by atoms with Crippen molar-refractivity contribution < 1.29 is 4.79 Å². The van der Waals surface area contributed by atoms with E-state index < -0.39 is 0 Å². The van der Waals surface area contributed by atoms with Crippen LogP contribution in [-0.2, 0) is 0 Å². The summed E-state index contributed by atoms with van der Waals surface area (Å²) in [4.78, 5) is 20.8. The quantitative estimate of drug-likeness (QED) is 0.755. The minimum atomic E-state index is -0.217. The summed E-state index contributed by atoms with van der Waals surface area (Å²) in [5.41, 5.74) is 8.53. The second-order valence-electron chi connectivity index (χ2n) is 4.75. The van der Waals surface area contributed by atoms with Crippen LogP contribution in [0.4, 0.5) is 11.5 Å². The number of benzene rings is 1. The summed E-state index contributed by atoms with van der Waals surface area (Å²) >= 11 is 0. The molecule has 0 aliphatic heterocycles. The second-order valence-corrected chi connectivity index (χ2v) is 4.75. The normalized spacial score (nSPS) is 10.5. The average molecular weight is 278 g/mol. The molecule has 1 aromatic carbocycles. The molecule has 5 heteroatoms. The minimum absolute atomic E-state index is 0.217. The molecule has 0 aliphatic carbocycles. The van der Waals surface area contributed by atoms with Crippen LogP contribution in [-0.4, -0.2) is 15.9 Å². The van der Waals surface area contributed by atoms with Gasteiger partial charge in [-0.2, -0.15) is 0 Å². The standard InChI is InChI=1S/C16H14N4O/c1-10-8-11(6-7-18-10)19-16(21)13-9-15(17)20-14-5-3-2-4-12(13)14/h2-9H,1H3,(H2,17,20)(H,18,19,21). The maximum atomic E-state index is 12.5. The highest BCUT2D eigenvalue weighted by molar-refractivity contribution is 6.12. The number of aryl methyl sites for hydroxylation is 1. The van der Waals surface area contributed by atoms with Gasteiger partial charge in [0.05, 0.1) is 11.1 Å². The maximum Gasteiger partial charge on any atom is 0.256 e. The number of anilines is 2. The number of nitrogens with one attached hydrogen (secondary N) is 1. The lowest BCUT2D eigenvalue weighted by atomic mass is 10.1. The molecular formula is C16H14N4O. The Kier molecular flexibility index (Phi) is 3.23. The lowest BCUT2D eigenvalue weighted by Crippen LogP contribution is -2.13. The molecule has 0 bridgehead atoms. The van der Waals surface area contributed by atoms with Crippen molar-refractivity contribution in [3.05, 3.63) is 59.9 Å². The Balaban J connectivity index is 2.02. The van der Waals surface area contributed by atoms with Crippen molar-refractivity contribution in [1.82, 2.24) is 9.97 Å². The Labute approximate surface area is 121 Å². The van der Waals surface area contributed by atoms with E-state index >= 15 is 0 Å². The highest BCUT2D eigenvalue weighted by Crippen LogP contribution is 2.20. The van der Waals surface area contributed by atoms with E-state index in [4.69, 9.17) is 5.73 Å². The van der Waals surface area contributed by atoms with E-state index in [0.717, 1.165) is 11.1 Å². The third-order valence-corrected chi connectivity index (χ3v) is 3.14. The molecule has 0 unspecified atom stereocenters. The number of nitrogen functional groups attached to an aromatic ring is 1. The van der Waals surface area contributed by atoms with Crippen molar-refractivity contribution in [2.45, 2.75) is 6.92 Å². The van der Waals surface area contributed by atoms with Crippen LogP contribution in [0.5, 0.6) is 0 Å². The van der Waals surface area contributed by atoms with Gasteiger partial charge >= 0.3 is 0 Å². The third kappa shape index (κ3) is 2.67. The van der Waals surface area contributed by atoms with E-state index in [0.29, 0.717) is 22.6 Å². The predicted molar refractivity (Wildman–Crippen MR) is 83.1 cm³/mol. The van der Waals surface area contributed by atoms with Crippen molar-refractivity contribution in [2.75, 3.05) is 11.1 Å². The van der Waals surface area contributed by atoms with Crippen LogP contribution in [0.3, 0.4) is 0 Å². The lowest BCUT2D eigenvalue weighted by molar-refractivity contribution is 0.102. The Bertz CT molecular complexity index is 829. The number of hydrogen-bond acceptors (Lipinski definition) is 4. The summed E-state index contributed by atoms with van der Waals surface area (Å²) in [5.74, 6) is 0.107. The fraction of sp³-hybridized carbons (Fsp3) is 0.0625. The van der Waals surface area contributed by atoms with Crippen molar-refractivity contribution >= 4 is 28.3 Å². The Morgan fingerprint density at radius 3 is 2.81 bits per heavy atom. The molecule has 0 saturated heterocycles. The zero-order valence-corrected chi connectivity index (χ0v) is 11.5. The molecule has 0 spiro atoms. The van der Waals surface area contributed by atoms with Crippen LogP contribution >= 0.6 is 0 Å². The topological polar surface area (TPSA) is 80.9 Å². The van der Waals surface area contributed by atoms with Gasteiger partial charge in [0, 0.05) is 23.0 Å². The number of rotatable bonds is 2. The first-order chi connectivity index (χ1) is 10.1. The largest absolute Gasteiger partial charge is 0.384 e. The van der Waals surface area contributed by atoms with E-state index in [-0.39, 0.29) is 5.91 Å². The Hall–Kier alpha value is -2.95. The van der Waals surface area contributed by atoms with Gasteiger partial charge in [-0.05, 0) is 31.2 Å². The number of pyridine rings is 2. The average Bonchev–Trinajstić information content (AvgIpc) is 2.46. The molecule has 0 saturated carbocycles. The highest BCUT2D eigenvalue weighted by atomic mass is 16.1. The monoisotopic (exact) mass is 278 g/mol. The van der Waals surface area contributed by atoms with Gasteiger partial charge in [-0.3, -0.25) is 9.78 Å². The fourth-order valence-electron chi connectivity index (χ4n) is 2.21. The van der Waals surface area contributed by atoms with E-state index in [1.165, 1.54) is 0 Å². The Morgan fingerprint density at radius 1 is 1.19 bits per heavy atom. The number of hydrogen-bond donors (Lipinski definition) is 2. The zero-order chi connectivity index (χ0) is 14.8. The first kappa shape index (κ1) is 13.1. The van der Waals surface area contributed by atoms with Gasteiger partial charge in [-0.1, -0.05) is 18.2 Å². The summed E-state index contributed by atoms with van der Waals surface area (Å²) in [6, 6.07) is 12.6. The number of nitrogens with two attached hydrogens (primary N) is 1. The second kappa shape index (κ2) is 5.20. The van der Waals surface area contributed by atoms with Crippen LogP contribution < -0.4 is 11.1 Å². The molecule has 104 valence electrons. The van der Waals surface area contributed by atoms with Crippen LogP contribution in [0.15, 0.2) is 48.7 Å². The van der Waals surface area contributed by atoms with E-state index in [1.54, 1.807) is 18.3 Å². The molecular weight excluding hydrogens is 264 g/mol. The van der Waals surface area contributed by atoms with Gasteiger partial charge in [0.25, 0.3) is 5.91 Å². The number of carbonyl (C=O) groups excluding carboxylic acids is 1. The molecule has 0 aliphatic rings. The van der Waals surface area contributed by atoms with Crippen LogP contribution in [0.25, 0.3) is 10.9 Å². The van der Waals surface area contributed by atoms with Crippen molar-refractivity contribution in [3.8, 4) is 0 Å². The summed E-state index contributed by atoms with van der Waals surface area (Å²) in [6.45, 7) is 1.87. The van der Waals surface area contributed by atoms with Gasteiger partial charge in [0.1, 0.15) is 5.82 Å². The zero-order valence-electron chi connectivity index (χ0n) is 11.5. The summed E-state index contributed by atoms with van der Waals surface area (Å²) in [6.07, 6.45) is 1.66. The van der Waals surface area contributed by atoms with Crippen LogP contribution in [0.2, 0.25) is 0 Å².